The van der Waals surface area contributed by atoms with E-state index in [1.54, 1.807) is 0 Å². The Morgan fingerprint density at radius 3 is 2.71 bits per heavy atom. The number of hydrogen-bond acceptors (Lipinski definition) is 5. The Bertz CT molecular complexity index is 858. The van der Waals surface area contributed by atoms with E-state index in [1.165, 1.54) is 4.52 Å². The van der Waals surface area contributed by atoms with Crippen LogP contribution in [0.4, 0.5) is 8.78 Å². The van der Waals surface area contributed by atoms with Crippen molar-refractivity contribution >= 4 is 22.3 Å². The third-order valence-corrected chi connectivity index (χ3v) is 3.83. The summed E-state index contributed by atoms with van der Waals surface area (Å²) in [5.74, 6) is -3.09. The summed E-state index contributed by atoms with van der Waals surface area (Å²) in [7, 11) is 0. The zero-order valence-corrected chi connectivity index (χ0v) is 11.5. The summed E-state index contributed by atoms with van der Waals surface area (Å²) in [6.45, 7) is 1.87. The SMILES string of the molecule is CCc1nnc2sc(-c3cc(F)c(F)cc3C(=O)O)nn12. The average molecular weight is 310 g/mol. The van der Waals surface area contributed by atoms with Crippen LogP contribution in [-0.4, -0.2) is 30.9 Å². The van der Waals surface area contributed by atoms with Crippen LogP contribution < -0.4 is 0 Å². The molecule has 1 aromatic carbocycles. The molecule has 1 N–H and O–H groups in total. The number of fused-ring (bicyclic) bond motifs is 1. The van der Waals surface area contributed by atoms with Gasteiger partial charge in [-0.2, -0.15) is 9.61 Å². The van der Waals surface area contributed by atoms with E-state index in [4.69, 9.17) is 5.11 Å². The highest BCUT2D eigenvalue weighted by atomic mass is 32.1. The van der Waals surface area contributed by atoms with Crippen molar-refractivity contribution in [2.45, 2.75) is 13.3 Å². The second-order valence-corrected chi connectivity index (χ2v) is 5.14. The molecule has 0 saturated heterocycles. The molecule has 2 aromatic heterocycles. The van der Waals surface area contributed by atoms with Gasteiger partial charge in [0.2, 0.25) is 4.96 Å². The molecule has 0 unspecified atom stereocenters. The van der Waals surface area contributed by atoms with Crippen LogP contribution in [-0.2, 0) is 6.42 Å². The van der Waals surface area contributed by atoms with Crippen LogP contribution in [0.2, 0.25) is 0 Å². The Morgan fingerprint density at radius 2 is 2.05 bits per heavy atom. The van der Waals surface area contributed by atoms with Crippen LogP contribution >= 0.6 is 11.3 Å². The van der Waals surface area contributed by atoms with Crippen molar-refractivity contribution in [2.75, 3.05) is 0 Å². The number of carbonyl (C=O) groups is 1. The lowest BCUT2D eigenvalue weighted by Crippen LogP contribution is -2.03. The molecule has 3 rings (SSSR count). The largest absolute Gasteiger partial charge is 0.478 e. The lowest BCUT2D eigenvalue weighted by molar-refractivity contribution is 0.0697. The maximum atomic E-state index is 13.4. The molecular formula is C12H8F2N4O2S. The van der Waals surface area contributed by atoms with Gasteiger partial charge in [0.1, 0.15) is 5.01 Å². The maximum Gasteiger partial charge on any atom is 0.336 e. The van der Waals surface area contributed by atoms with Crippen LogP contribution in [0.25, 0.3) is 15.5 Å². The first kappa shape index (κ1) is 13.6. The Balaban J connectivity index is 2.24. The number of halogens is 2. The van der Waals surface area contributed by atoms with Gasteiger partial charge in [0.05, 0.1) is 5.56 Å². The number of benzene rings is 1. The third kappa shape index (κ3) is 2.15. The van der Waals surface area contributed by atoms with E-state index in [0.29, 0.717) is 23.3 Å². The Kier molecular flexibility index (Phi) is 3.13. The van der Waals surface area contributed by atoms with Crippen molar-refractivity contribution < 1.29 is 18.7 Å². The number of carboxylic acids is 1. The van der Waals surface area contributed by atoms with Crippen molar-refractivity contribution in [1.29, 1.82) is 0 Å². The summed E-state index contributed by atoms with van der Waals surface area (Å²) in [6, 6.07) is 1.48. The molecule has 108 valence electrons. The second kappa shape index (κ2) is 4.85. The van der Waals surface area contributed by atoms with Crippen molar-refractivity contribution in [3.05, 3.63) is 35.2 Å². The zero-order chi connectivity index (χ0) is 15.1. The molecule has 0 aliphatic heterocycles. The van der Waals surface area contributed by atoms with Gasteiger partial charge in [-0.15, -0.1) is 10.2 Å². The van der Waals surface area contributed by atoms with Gasteiger partial charge in [-0.25, -0.2) is 13.6 Å². The quantitative estimate of drug-likeness (QED) is 0.803. The average Bonchev–Trinajstić information content (AvgIpc) is 3.00. The smallest absolute Gasteiger partial charge is 0.336 e. The second-order valence-electron chi connectivity index (χ2n) is 4.19. The predicted octanol–water partition coefficient (Wildman–Crippen LogP) is 2.39. The number of aromatic carboxylic acids is 1. The molecule has 0 atom stereocenters. The third-order valence-electron chi connectivity index (χ3n) is 2.89. The summed E-state index contributed by atoms with van der Waals surface area (Å²) in [5, 5.41) is 21.4. The fourth-order valence-electron chi connectivity index (χ4n) is 1.89. The van der Waals surface area contributed by atoms with Crippen molar-refractivity contribution in [3.8, 4) is 10.6 Å². The van der Waals surface area contributed by atoms with E-state index in [9.17, 15) is 13.6 Å². The van der Waals surface area contributed by atoms with Crippen LogP contribution in [0.15, 0.2) is 12.1 Å². The number of rotatable bonds is 3. The molecule has 0 aliphatic carbocycles. The highest BCUT2D eigenvalue weighted by molar-refractivity contribution is 7.19. The van der Waals surface area contributed by atoms with Gasteiger partial charge in [0.25, 0.3) is 0 Å². The molecule has 0 saturated carbocycles. The first-order chi connectivity index (χ1) is 10.0. The highest BCUT2D eigenvalue weighted by Crippen LogP contribution is 2.30. The summed E-state index contributed by atoms with van der Waals surface area (Å²) in [6.07, 6.45) is 0.591. The molecule has 2 heterocycles. The summed E-state index contributed by atoms with van der Waals surface area (Å²) >= 11 is 1.06. The molecule has 0 aliphatic rings. The molecular weight excluding hydrogens is 302 g/mol. The van der Waals surface area contributed by atoms with E-state index >= 15 is 0 Å². The fraction of sp³-hybridized carbons (Fsp3) is 0.167. The van der Waals surface area contributed by atoms with E-state index in [-0.39, 0.29) is 16.1 Å². The summed E-state index contributed by atoms with van der Waals surface area (Å²) in [4.78, 5) is 11.6. The van der Waals surface area contributed by atoms with Gasteiger partial charge in [0.15, 0.2) is 17.5 Å². The Labute approximate surface area is 120 Å². The summed E-state index contributed by atoms with van der Waals surface area (Å²) in [5.41, 5.74) is -0.337. The molecule has 0 radical (unpaired) electrons. The van der Waals surface area contributed by atoms with Gasteiger partial charge in [0, 0.05) is 12.0 Å². The van der Waals surface area contributed by atoms with Crippen LogP contribution in [0.3, 0.4) is 0 Å². The zero-order valence-electron chi connectivity index (χ0n) is 10.7. The minimum absolute atomic E-state index is 0.0129. The highest BCUT2D eigenvalue weighted by Gasteiger charge is 2.20. The molecule has 0 amide bonds. The van der Waals surface area contributed by atoms with Crippen molar-refractivity contribution in [3.63, 3.8) is 0 Å². The predicted molar refractivity (Wildman–Crippen MR) is 70.3 cm³/mol. The minimum atomic E-state index is -1.36. The van der Waals surface area contributed by atoms with Crippen molar-refractivity contribution in [1.82, 2.24) is 19.8 Å². The lowest BCUT2D eigenvalue weighted by atomic mass is 10.1. The van der Waals surface area contributed by atoms with Crippen molar-refractivity contribution in [2.24, 2.45) is 0 Å². The Hall–Kier alpha value is -2.42. The normalized spacial score (nSPS) is 11.2. The molecule has 3 aromatic rings. The number of aryl methyl sites for hydroxylation is 1. The number of carboxylic acid groups (broad SMARTS) is 1. The molecule has 6 nitrogen and oxygen atoms in total. The maximum absolute atomic E-state index is 13.4. The fourth-order valence-corrected chi connectivity index (χ4v) is 2.78. The first-order valence-corrected chi connectivity index (χ1v) is 6.76. The van der Waals surface area contributed by atoms with E-state index < -0.39 is 17.6 Å². The van der Waals surface area contributed by atoms with Crippen LogP contribution in [0, 0.1) is 11.6 Å². The number of hydrogen-bond donors (Lipinski definition) is 1. The van der Waals surface area contributed by atoms with E-state index in [2.05, 4.69) is 15.3 Å². The molecule has 21 heavy (non-hydrogen) atoms. The molecule has 9 heteroatoms. The lowest BCUT2D eigenvalue weighted by Gasteiger charge is -2.03. The van der Waals surface area contributed by atoms with E-state index in [1.807, 2.05) is 6.92 Å². The van der Waals surface area contributed by atoms with Crippen LogP contribution in [0.1, 0.15) is 23.1 Å². The first-order valence-electron chi connectivity index (χ1n) is 5.95. The van der Waals surface area contributed by atoms with Gasteiger partial charge in [-0.05, 0) is 12.1 Å². The van der Waals surface area contributed by atoms with Gasteiger partial charge in [-0.3, -0.25) is 0 Å². The number of aromatic nitrogens is 4. The Morgan fingerprint density at radius 1 is 1.33 bits per heavy atom. The monoisotopic (exact) mass is 310 g/mol. The van der Waals surface area contributed by atoms with E-state index in [0.717, 1.165) is 17.4 Å². The van der Waals surface area contributed by atoms with Gasteiger partial charge in [-0.1, -0.05) is 18.3 Å². The topological polar surface area (TPSA) is 80.4 Å². The van der Waals surface area contributed by atoms with Gasteiger partial charge < -0.3 is 5.11 Å². The molecule has 0 fully saturated rings. The van der Waals surface area contributed by atoms with Gasteiger partial charge >= 0.3 is 5.97 Å². The standard InChI is InChI=1S/C12H8F2N4O2S/c1-2-9-15-16-12-18(9)17-10(21-12)5-3-7(13)8(14)4-6(5)11(19)20/h3-4H,2H2,1H3,(H,19,20). The number of nitrogens with zero attached hydrogens (tertiary/aromatic N) is 4. The summed E-state index contributed by atoms with van der Waals surface area (Å²) < 4.78 is 28.1. The minimum Gasteiger partial charge on any atom is -0.478 e. The van der Waals surface area contributed by atoms with Crippen LogP contribution in [0.5, 0.6) is 0 Å². The molecule has 0 spiro atoms. The molecule has 0 bridgehead atoms.